The lowest BCUT2D eigenvalue weighted by Crippen LogP contribution is -2.40. The summed E-state index contributed by atoms with van der Waals surface area (Å²) in [5.74, 6) is -0.714. The molecule has 5 N–H and O–H groups in total. The molecule has 3 rings (SSSR count). The zero-order valence-electron chi connectivity index (χ0n) is 21.7. The Morgan fingerprint density at radius 1 is 0.816 bits per heavy atom. The molecule has 3 heterocycles. The van der Waals surface area contributed by atoms with E-state index in [4.69, 9.17) is 0 Å². The number of aromatic nitrogens is 3. The molecule has 0 fully saturated rings. The molecule has 0 aliphatic rings. The molecular formula is C23H30N10O5. The van der Waals surface area contributed by atoms with Crippen molar-refractivity contribution in [3.63, 3.8) is 0 Å². The first-order valence-corrected chi connectivity index (χ1v) is 11.5. The maximum Gasteiger partial charge on any atom is 0.287 e. The normalized spacial score (nSPS) is 11.1. The summed E-state index contributed by atoms with van der Waals surface area (Å²) in [6, 6.07) is 4.21. The van der Waals surface area contributed by atoms with Crippen molar-refractivity contribution in [3.8, 4) is 0 Å². The molecule has 3 aromatic heterocycles. The van der Waals surface area contributed by atoms with Gasteiger partial charge in [0.25, 0.3) is 23.4 Å². The van der Waals surface area contributed by atoms with E-state index in [1.807, 2.05) is 0 Å². The SMILES string of the molecule is CN=C(NC)NCCNC(=O)c1cc(NC(=O)c2cc(NC(=O)c3cc([N+](=O)[O-])cn3C)cn2C)cn1C. The van der Waals surface area contributed by atoms with Crippen LogP contribution in [0.5, 0.6) is 0 Å². The summed E-state index contributed by atoms with van der Waals surface area (Å²) in [4.78, 5) is 52.4. The number of carbonyl (C=O) groups is 3. The molecule has 0 saturated heterocycles. The largest absolute Gasteiger partial charge is 0.359 e. The zero-order chi connectivity index (χ0) is 28.0. The Bertz CT molecular complexity index is 1400. The van der Waals surface area contributed by atoms with Crippen LogP contribution >= 0.6 is 0 Å². The lowest BCUT2D eigenvalue weighted by molar-refractivity contribution is -0.384. The first-order chi connectivity index (χ1) is 18.0. The molecule has 3 aromatic rings. The van der Waals surface area contributed by atoms with Crippen LogP contribution in [0, 0.1) is 10.1 Å². The lowest BCUT2D eigenvalue weighted by Gasteiger charge is -2.09. The standard InChI is InChI=1S/C23H30N10O5/c1-24-23(25-2)27-7-6-26-20(34)17-8-14(11-30(17)3)28-21(35)18-9-15(12-31(18)4)29-22(36)19-10-16(33(37)38)13-32(19)5/h8-13H,6-7H2,1-5H3,(H,26,34)(H,28,35)(H,29,36)(H2,24,25,27). The molecule has 0 unspecified atom stereocenters. The maximum absolute atomic E-state index is 12.9. The van der Waals surface area contributed by atoms with E-state index < -0.39 is 16.7 Å². The van der Waals surface area contributed by atoms with E-state index >= 15 is 0 Å². The smallest absolute Gasteiger partial charge is 0.287 e. The van der Waals surface area contributed by atoms with E-state index in [-0.39, 0.29) is 23.0 Å². The molecule has 202 valence electrons. The van der Waals surface area contributed by atoms with E-state index in [9.17, 15) is 24.5 Å². The summed E-state index contributed by atoms with van der Waals surface area (Å²) in [6.07, 6.45) is 4.40. The van der Waals surface area contributed by atoms with Gasteiger partial charge in [0.15, 0.2) is 5.96 Å². The Balaban J connectivity index is 1.62. The third-order valence-electron chi connectivity index (χ3n) is 5.59. The second kappa shape index (κ2) is 11.8. The Hall–Kier alpha value is -5.08. The predicted octanol–water partition coefficient (Wildman–Crippen LogP) is 0.640. The van der Waals surface area contributed by atoms with Crippen molar-refractivity contribution < 1.29 is 19.3 Å². The molecule has 0 aromatic carbocycles. The van der Waals surface area contributed by atoms with E-state index in [0.29, 0.717) is 36.1 Å². The van der Waals surface area contributed by atoms with Crippen molar-refractivity contribution in [3.05, 3.63) is 64.0 Å². The summed E-state index contributed by atoms with van der Waals surface area (Å²) in [7, 11) is 8.23. The van der Waals surface area contributed by atoms with Crippen LogP contribution in [0.15, 0.2) is 41.8 Å². The predicted molar refractivity (Wildman–Crippen MR) is 142 cm³/mol. The average molecular weight is 527 g/mol. The van der Waals surface area contributed by atoms with Gasteiger partial charge in [-0.15, -0.1) is 0 Å². The Morgan fingerprint density at radius 3 is 1.76 bits per heavy atom. The Labute approximate surface area is 218 Å². The van der Waals surface area contributed by atoms with Gasteiger partial charge in [0.05, 0.1) is 22.5 Å². The van der Waals surface area contributed by atoms with Gasteiger partial charge in [-0.2, -0.15) is 0 Å². The fourth-order valence-corrected chi connectivity index (χ4v) is 3.71. The molecule has 0 atom stereocenters. The Morgan fingerprint density at radius 2 is 1.29 bits per heavy atom. The van der Waals surface area contributed by atoms with Gasteiger partial charge >= 0.3 is 0 Å². The quantitative estimate of drug-likeness (QED) is 0.0891. The number of aliphatic imine (C=N–C) groups is 1. The fourth-order valence-electron chi connectivity index (χ4n) is 3.71. The summed E-state index contributed by atoms with van der Waals surface area (Å²) in [5.41, 5.74) is 1.25. The molecule has 0 aliphatic heterocycles. The van der Waals surface area contributed by atoms with Gasteiger partial charge < -0.3 is 40.3 Å². The van der Waals surface area contributed by atoms with Crippen LogP contribution in [0.3, 0.4) is 0 Å². The number of nitro groups is 1. The van der Waals surface area contributed by atoms with Crippen molar-refractivity contribution >= 4 is 40.7 Å². The molecule has 0 aliphatic carbocycles. The topological polar surface area (TPSA) is 182 Å². The monoisotopic (exact) mass is 526 g/mol. The molecule has 0 saturated carbocycles. The number of hydrogen-bond donors (Lipinski definition) is 5. The van der Waals surface area contributed by atoms with Crippen LogP contribution < -0.4 is 26.6 Å². The molecule has 38 heavy (non-hydrogen) atoms. The van der Waals surface area contributed by atoms with Crippen molar-refractivity contribution in [2.45, 2.75) is 0 Å². The van der Waals surface area contributed by atoms with Crippen molar-refractivity contribution in [2.24, 2.45) is 26.1 Å². The van der Waals surface area contributed by atoms with Crippen LogP contribution in [0.25, 0.3) is 0 Å². The minimum absolute atomic E-state index is 0.0957. The first-order valence-electron chi connectivity index (χ1n) is 11.5. The highest BCUT2D eigenvalue weighted by Crippen LogP contribution is 2.20. The Kier molecular flexibility index (Phi) is 8.52. The van der Waals surface area contributed by atoms with Gasteiger partial charge in [-0.3, -0.25) is 29.5 Å². The number of nitrogens with zero attached hydrogens (tertiary/aromatic N) is 5. The van der Waals surface area contributed by atoms with E-state index in [0.717, 1.165) is 0 Å². The zero-order valence-corrected chi connectivity index (χ0v) is 21.7. The van der Waals surface area contributed by atoms with Gasteiger partial charge in [0.1, 0.15) is 17.1 Å². The third-order valence-corrected chi connectivity index (χ3v) is 5.59. The van der Waals surface area contributed by atoms with Crippen molar-refractivity contribution in [2.75, 3.05) is 37.8 Å². The van der Waals surface area contributed by atoms with E-state index in [1.165, 1.54) is 34.5 Å². The van der Waals surface area contributed by atoms with E-state index in [1.54, 1.807) is 51.2 Å². The van der Waals surface area contributed by atoms with Gasteiger partial charge in [0.2, 0.25) is 0 Å². The number of guanidine groups is 1. The fraction of sp³-hybridized carbons (Fsp3) is 0.304. The molecular weight excluding hydrogens is 496 g/mol. The first kappa shape index (κ1) is 27.5. The highest BCUT2D eigenvalue weighted by molar-refractivity contribution is 6.07. The number of rotatable bonds is 9. The number of amides is 3. The summed E-state index contributed by atoms with van der Waals surface area (Å²) in [5, 5.41) is 25.1. The number of aryl methyl sites for hydroxylation is 3. The lowest BCUT2D eigenvalue weighted by atomic mass is 10.3. The van der Waals surface area contributed by atoms with Crippen LogP contribution in [-0.2, 0) is 21.1 Å². The van der Waals surface area contributed by atoms with Crippen LogP contribution in [0.1, 0.15) is 31.5 Å². The van der Waals surface area contributed by atoms with Crippen LogP contribution in [0.2, 0.25) is 0 Å². The summed E-state index contributed by atoms with van der Waals surface area (Å²) < 4.78 is 4.48. The number of nitrogens with one attached hydrogen (secondary N) is 5. The molecule has 0 spiro atoms. The molecule has 15 nitrogen and oxygen atoms in total. The highest BCUT2D eigenvalue weighted by atomic mass is 16.6. The van der Waals surface area contributed by atoms with E-state index in [2.05, 4.69) is 31.6 Å². The second-order valence-electron chi connectivity index (χ2n) is 8.31. The molecule has 3 amide bonds. The summed E-state index contributed by atoms with van der Waals surface area (Å²) >= 11 is 0. The molecule has 0 radical (unpaired) electrons. The molecule has 0 bridgehead atoms. The summed E-state index contributed by atoms with van der Waals surface area (Å²) in [6.45, 7) is 0.834. The third kappa shape index (κ3) is 6.37. The minimum Gasteiger partial charge on any atom is -0.359 e. The van der Waals surface area contributed by atoms with Crippen molar-refractivity contribution in [1.82, 2.24) is 29.7 Å². The second-order valence-corrected chi connectivity index (χ2v) is 8.31. The number of hydrogen-bond acceptors (Lipinski definition) is 6. The highest BCUT2D eigenvalue weighted by Gasteiger charge is 2.20. The van der Waals surface area contributed by atoms with Crippen LogP contribution in [-0.4, -0.2) is 69.5 Å². The van der Waals surface area contributed by atoms with Crippen molar-refractivity contribution in [1.29, 1.82) is 0 Å². The van der Waals surface area contributed by atoms with Gasteiger partial charge in [-0.05, 0) is 12.1 Å². The van der Waals surface area contributed by atoms with Gasteiger partial charge in [0, 0.05) is 66.8 Å². The number of anilines is 2. The average Bonchev–Trinajstić information content (AvgIpc) is 3.55. The number of carbonyl (C=O) groups excluding carboxylic acids is 3. The van der Waals surface area contributed by atoms with Gasteiger partial charge in [-0.1, -0.05) is 0 Å². The van der Waals surface area contributed by atoms with Gasteiger partial charge in [-0.25, -0.2) is 0 Å². The molecule has 15 heteroatoms. The maximum atomic E-state index is 12.9. The minimum atomic E-state index is -0.583. The van der Waals surface area contributed by atoms with Crippen LogP contribution in [0.4, 0.5) is 17.1 Å².